The van der Waals surface area contributed by atoms with Crippen molar-refractivity contribution in [3.8, 4) is 0 Å². The molecule has 0 aromatic carbocycles. The Morgan fingerprint density at radius 3 is 2.33 bits per heavy atom. The molecule has 5 nitrogen and oxygen atoms in total. The van der Waals surface area contributed by atoms with Crippen LogP contribution >= 0.6 is 0 Å². The fourth-order valence-electron chi connectivity index (χ4n) is 3.25. The fraction of sp³-hybridized carbons (Fsp3) is 0.750. The third-order valence-corrected chi connectivity index (χ3v) is 4.93. The first kappa shape index (κ1) is 16.0. The molecular weight excluding hydrogens is 268 g/mol. The second-order valence-corrected chi connectivity index (χ2v) is 6.60. The number of nitrogens with zero attached hydrogens (tertiary/aromatic N) is 2. The lowest BCUT2D eigenvalue weighted by atomic mass is 9.89. The van der Waals surface area contributed by atoms with E-state index >= 15 is 0 Å². The van der Waals surface area contributed by atoms with Gasteiger partial charge in [-0.1, -0.05) is 20.4 Å². The van der Waals surface area contributed by atoms with Crippen LogP contribution in [0.1, 0.15) is 33.1 Å². The van der Waals surface area contributed by atoms with Crippen LogP contribution in [0.5, 0.6) is 0 Å². The van der Waals surface area contributed by atoms with E-state index in [1.807, 2.05) is 0 Å². The summed E-state index contributed by atoms with van der Waals surface area (Å²) >= 11 is 0. The van der Waals surface area contributed by atoms with E-state index in [1.165, 1.54) is 6.08 Å². The summed E-state index contributed by atoms with van der Waals surface area (Å²) in [6.07, 6.45) is 2.92. The van der Waals surface area contributed by atoms with Crippen molar-refractivity contribution in [1.29, 1.82) is 0 Å². The summed E-state index contributed by atoms with van der Waals surface area (Å²) in [4.78, 5) is 27.6. The van der Waals surface area contributed by atoms with Crippen molar-refractivity contribution in [1.82, 2.24) is 9.80 Å². The van der Waals surface area contributed by atoms with Crippen LogP contribution in [0.25, 0.3) is 0 Å². The average Bonchev–Trinajstić information content (AvgIpc) is 2.96. The van der Waals surface area contributed by atoms with E-state index in [-0.39, 0.29) is 11.8 Å². The molecule has 1 atom stereocenters. The third kappa shape index (κ3) is 3.28. The van der Waals surface area contributed by atoms with E-state index in [0.29, 0.717) is 37.8 Å². The molecule has 1 unspecified atom stereocenters. The summed E-state index contributed by atoms with van der Waals surface area (Å²) in [7, 11) is 0. The van der Waals surface area contributed by atoms with Crippen molar-refractivity contribution in [3.05, 3.63) is 12.7 Å². The molecule has 0 saturated carbocycles. The monoisotopic (exact) mass is 294 g/mol. The fourth-order valence-corrected chi connectivity index (χ4v) is 3.25. The zero-order chi connectivity index (χ0) is 15.6. The molecule has 2 saturated heterocycles. The smallest absolute Gasteiger partial charge is 0.254 e. The van der Waals surface area contributed by atoms with Crippen LogP contribution in [0.2, 0.25) is 0 Å². The minimum atomic E-state index is -1.30. The van der Waals surface area contributed by atoms with Gasteiger partial charge in [-0.25, -0.2) is 0 Å². The van der Waals surface area contributed by atoms with Gasteiger partial charge in [-0.2, -0.15) is 0 Å². The van der Waals surface area contributed by atoms with Gasteiger partial charge < -0.3 is 14.9 Å². The molecule has 2 aliphatic heterocycles. The Balaban J connectivity index is 1.94. The number of amides is 2. The predicted molar refractivity (Wildman–Crippen MR) is 80.5 cm³/mol. The summed E-state index contributed by atoms with van der Waals surface area (Å²) in [6.45, 7) is 10.1. The van der Waals surface area contributed by atoms with Crippen LogP contribution in [0.4, 0.5) is 0 Å². The Hall–Kier alpha value is -1.36. The molecule has 5 heteroatoms. The number of carbonyl (C=O) groups is 2. The molecule has 2 aliphatic rings. The summed E-state index contributed by atoms with van der Waals surface area (Å²) in [5, 5.41) is 10.6. The standard InChI is InChI=1S/C16H26N2O3/c1-4-14(19)17-9-6-16(21,7-10-17)15(20)18-8-5-13(11-18)12(2)3/h4,12-13,21H,1,5-11H2,2-3H3. The van der Waals surface area contributed by atoms with Gasteiger partial charge in [0.1, 0.15) is 5.60 Å². The summed E-state index contributed by atoms with van der Waals surface area (Å²) in [5.74, 6) is 0.798. The van der Waals surface area contributed by atoms with Crippen molar-refractivity contribution in [2.45, 2.75) is 38.7 Å². The molecule has 0 aliphatic carbocycles. The Morgan fingerprint density at radius 2 is 1.86 bits per heavy atom. The summed E-state index contributed by atoms with van der Waals surface area (Å²) in [5.41, 5.74) is -1.30. The van der Waals surface area contributed by atoms with Crippen molar-refractivity contribution in [2.75, 3.05) is 26.2 Å². The van der Waals surface area contributed by atoms with Crippen molar-refractivity contribution in [2.24, 2.45) is 11.8 Å². The van der Waals surface area contributed by atoms with Crippen LogP contribution in [0.15, 0.2) is 12.7 Å². The van der Waals surface area contributed by atoms with Gasteiger partial charge in [0.05, 0.1) is 0 Å². The normalized spacial score (nSPS) is 25.2. The number of aliphatic hydroxyl groups is 1. The Kier molecular flexibility index (Phi) is 4.71. The molecule has 0 spiro atoms. The van der Waals surface area contributed by atoms with E-state index < -0.39 is 5.60 Å². The zero-order valence-corrected chi connectivity index (χ0v) is 13.0. The quantitative estimate of drug-likeness (QED) is 0.791. The number of hydrogen-bond donors (Lipinski definition) is 1. The molecule has 2 amide bonds. The van der Waals surface area contributed by atoms with E-state index in [4.69, 9.17) is 0 Å². The maximum Gasteiger partial charge on any atom is 0.254 e. The first-order valence-corrected chi connectivity index (χ1v) is 7.80. The largest absolute Gasteiger partial charge is 0.380 e. The molecule has 21 heavy (non-hydrogen) atoms. The topological polar surface area (TPSA) is 60.9 Å². The van der Waals surface area contributed by atoms with Crippen LogP contribution < -0.4 is 0 Å². The van der Waals surface area contributed by atoms with E-state index in [2.05, 4.69) is 20.4 Å². The predicted octanol–water partition coefficient (Wildman–Crippen LogP) is 1.03. The second-order valence-electron chi connectivity index (χ2n) is 6.60. The molecule has 1 N–H and O–H groups in total. The van der Waals surface area contributed by atoms with Gasteiger partial charge >= 0.3 is 0 Å². The molecule has 0 bridgehead atoms. The maximum absolute atomic E-state index is 12.6. The lowest BCUT2D eigenvalue weighted by Crippen LogP contribution is -2.55. The average molecular weight is 294 g/mol. The maximum atomic E-state index is 12.6. The van der Waals surface area contributed by atoms with Gasteiger partial charge in [0.15, 0.2) is 0 Å². The summed E-state index contributed by atoms with van der Waals surface area (Å²) in [6, 6.07) is 0. The van der Waals surface area contributed by atoms with Gasteiger partial charge in [-0.15, -0.1) is 0 Å². The number of likely N-dealkylation sites (tertiary alicyclic amines) is 2. The number of carbonyl (C=O) groups excluding carboxylic acids is 2. The van der Waals surface area contributed by atoms with E-state index in [1.54, 1.807) is 9.80 Å². The van der Waals surface area contributed by atoms with Crippen LogP contribution in [-0.2, 0) is 9.59 Å². The number of rotatable bonds is 3. The van der Waals surface area contributed by atoms with Gasteiger partial charge in [-0.05, 0) is 24.3 Å². The molecule has 118 valence electrons. The van der Waals surface area contributed by atoms with Crippen LogP contribution in [-0.4, -0.2) is 58.5 Å². The van der Waals surface area contributed by atoms with E-state index in [0.717, 1.165) is 19.5 Å². The first-order valence-electron chi connectivity index (χ1n) is 7.80. The molecule has 0 aromatic rings. The van der Waals surface area contributed by atoms with E-state index in [9.17, 15) is 14.7 Å². The highest BCUT2D eigenvalue weighted by molar-refractivity contribution is 5.88. The highest BCUT2D eigenvalue weighted by atomic mass is 16.3. The van der Waals surface area contributed by atoms with Gasteiger partial charge in [-0.3, -0.25) is 9.59 Å². The highest BCUT2D eigenvalue weighted by Crippen LogP contribution is 2.30. The minimum absolute atomic E-state index is 0.134. The molecule has 0 aromatic heterocycles. The van der Waals surface area contributed by atoms with Crippen molar-refractivity contribution >= 4 is 11.8 Å². The lowest BCUT2D eigenvalue weighted by molar-refractivity contribution is -0.157. The van der Waals surface area contributed by atoms with Crippen molar-refractivity contribution in [3.63, 3.8) is 0 Å². The Morgan fingerprint density at radius 1 is 1.24 bits per heavy atom. The SMILES string of the molecule is C=CC(=O)N1CCC(O)(C(=O)N2CCC(C(C)C)C2)CC1. The lowest BCUT2D eigenvalue weighted by Gasteiger charge is -2.38. The molecule has 2 heterocycles. The Labute approximate surface area is 126 Å². The minimum Gasteiger partial charge on any atom is -0.380 e. The first-order chi connectivity index (χ1) is 9.87. The van der Waals surface area contributed by atoms with Crippen LogP contribution in [0, 0.1) is 11.8 Å². The van der Waals surface area contributed by atoms with Gasteiger partial charge in [0.2, 0.25) is 5.91 Å². The highest BCUT2D eigenvalue weighted by Gasteiger charge is 2.44. The third-order valence-electron chi connectivity index (χ3n) is 4.93. The number of piperidine rings is 1. The molecule has 2 fully saturated rings. The molecule has 0 radical (unpaired) electrons. The van der Waals surface area contributed by atoms with Crippen LogP contribution in [0.3, 0.4) is 0 Å². The van der Waals surface area contributed by atoms with Crippen molar-refractivity contribution < 1.29 is 14.7 Å². The number of hydrogen-bond acceptors (Lipinski definition) is 3. The Bertz CT molecular complexity index is 425. The van der Waals surface area contributed by atoms with Gasteiger partial charge in [0, 0.05) is 39.0 Å². The molecule has 2 rings (SSSR count). The van der Waals surface area contributed by atoms with Gasteiger partial charge in [0.25, 0.3) is 5.91 Å². The zero-order valence-electron chi connectivity index (χ0n) is 13.0. The summed E-state index contributed by atoms with van der Waals surface area (Å²) < 4.78 is 0. The molecular formula is C16H26N2O3. The second kappa shape index (κ2) is 6.18.